The lowest BCUT2D eigenvalue weighted by atomic mass is 9.97. The molecule has 0 bridgehead atoms. The summed E-state index contributed by atoms with van der Waals surface area (Å²) in [7, 11) is 0. The van der Waals surface area contributed by atoms with Crippen LogP contribution in [0.25, 0.3) is 21.9 Å². The first-order valence-corrected chi connectivity index (χ1v) is 9.36. The van der Waals surface area contributed by atoms with Crippen molar-refractivity contribution in [3.05, 3.63) is 54.6 Å². The highest BCUT2D eigenvalue weighted by molar-refractivity contribution is 6.00. The molecule has 5 rings (SSSR count). The summed E-state index contributed by atoms with van der Waals surface area (Å²) in [5, 5.41) is 31.5. The van der Waals surface area contributed by atoms with Gasteiger partial charge in [0.25, 0.3) is 0 Å². The molecule has 1 unspecified atom stereocenters. The Hall–Kier alpha value is -2.84. The molecule has 0 amide bonds. The molecule has 3 N–H and O–H groups in total. The Balaban J connectivity index is 1.52. The highest BCUT2D eigenvalue weighted by Crippen LogP contribution is 2.40. The molecule has 0 aromatic heterocycles. The molecule has 0 spiro atoms. The van der Waals surface area contributed by atoms with Crippen LogP contribution >= 0.6 is 0 Å². The molecular formula is C22H20O7. The molecule has 2 aliphatic rings. The normalized spacial score (nSPS) is 25.9. The molecule has 0 radical (unpaired) electrons. The van der Waals surface area contributed by atoms with Gasteiger partial charge in [0.15, 0.2) is 11.5 Å². The zero-order chi connectivity index (χ0) is 20.0. The standard InChI is InChI=1S/C22H20O7/c23-16-10-26-22(21(25)20(16)24)29-17-8-6-13(14-3-1-2-4-15(14)17)12-5-7-18-19(9-12)28-11-27-18/h1-9,16,20-25H,10-11H2/t16-,20+,21-,22?/m1/s1. The van der Waals surface area contributed by atoms with Gasteiger partial charge >= 0.3 is 0 Å². The smallest absolute Gasteiger partial charge is 0.231 e. The van der Waals surface area contributed by atoms with Crippen LogP contribution in [0.5, 0.6) is 17.2 Å². The van der Waals surface area contributed by atoms with E-state index < -0.39 is 24.6 Å². The van der Waals surface area contributed by atoms with Gasteiger partial charge in [-0.1, -0.05) is 36.4 Å². The lowest BCUT2D eigenvalue weighted by Crippen LogP contribution is -2.54. The second kappa shape index (κ2) is 7.20. The molecule has 2 aliphatic heterocycles. The number of fused-ring (bicyclic) bond motifs is 2. The fourth-order valence-corrected chi connectivity index (χ4v) is 3.70. The Kier molecular flexibility index (Phi) is 4.52. The fraction of sp³-hybridized carbons (Fsp3) is 0.273. The Labute approximate surface area is 166 Å². The summed E-state index contributed by atoms with van der Waals surface area (Å²) < 4.78 is 22.1. The van der Waals surface area contributed by atoms with Gasteiger partial charge in [0.2, 0.25) is 13.1 Å². The van der Waals surface area contributed by atoms with E-state index in [1.807, 2.05) is 48.5 Å². The molecule has 3 aromatic carbocycles. The number of hydrogen-bond acceptors (Lipinski definition) is 7. The van der Waals surface area contributed by atoms with Gasteiger partial charge in [0, 0.05) is 5.39 Å². The lowest BCUT2D eigenvalue weighted by Gasteiger charge is -2.35. The second-order valence-corrected chi connectivity index (χ2v) is 7.09. The van der Waals surface area contributed by atoms with Crippen molar-refractivity contribution in [3.63, 3.8) is 0 Å². The average Bonchev–Trinajstić information content (AvgIpc) is 3.22. The summed E-state index contributed by atoms with van der Waals surface area (Å²) in [5.41, 5.74) is 1.97. The van der Waals surface area contributed by atoms with E-state index in [4.69, 9.17) is 18.9 Å². The minimum Gasteiger partial charge on any atom is -0.461 e. The van der Waals surface area contributed by atoms with Crippen molar-refractivity contribution < 1.29 is 34.3 Å². The molecule has 150 valence electrons. The van der Waals surface area contributed by atoms with Gasteiger partial charge in [0.1, 0.15) is 24.1 Å². The van der Waals surface area contributed by atoms with Gasteiger partial charge < -0.3 is 34.3 Å². The van der Waals surface area contributed by atoms with Gasteiger partial charge in [-0.05, 0) is 34.7 Å². The second-order valence-electron chi connectivity index (χ2n) is 7.09. The molecule has 7 nitrogen and oxygen atoms in total. The third-order valence-corrected chi connectivity index (χ3v) is 5.27. The summed E-state index contributed by atoms with van der Waals surface area (Å²) in [5.74, 6) is 1.94. The molecule has 2 heterocycles. The van der Waals surface area contributed by atoms with Crippen LogP contribution in [0.2, 0.25) is 0 Å². The molecule has 7 heteroatoms. The predicted molar refractivity (Wildman–Crippen MR) is 104 cm³/mol. The Morgan fingerprint density at radius 1 is 0.828 bits per heavy atom. The maximum absolute atomic E-state index is 10.2. The Morgan fingerprint density at radius 3 is 2.48 bits per heavy atom. The van der Waals surface area contributed by atoms with E-state index in [9.17, 15) is 15.3 Å². The van der Waals surface area contributed by atoms with Crippen LogP contribution in [0.1, 0.15) is 0 Å². The van der Waals surface area contributed by atoms with Crippen molar-refractivity contribution >= 4 is 10.8 Å². The van der Waals surface area contributed by atoms with Crippen molar-refractivity contribution in [2.75, 3.05) is 13.4 Å². The van der Waals surface area contributed by atoms with Gasteiger partial charge in [0.05, 0.1) is 6.61 Å². The van der Waals surface area contributed by atoms with E-state index in [-0.39, 0.29) is 13.4 Å². The highest BCUT2D eigenvalue weighted by Gasteiger charge is 2.39. The van der Waals surface area contributed by atoms with Crippen LogP contribution in [0.3, 0.4) is 0 Å². The minimum absolute atomic E-state index is 0.115. The first kappa shape index (κ1) is 18.2. The SMILES string of the molecule is O[C@H]1[C@H](O)COC(Oc2ccc(-c3ccc4c(c3)OCO4)c3ccccc23)[C@@H]1O. The summed E-state index contributed by atoms with van der Waals surface area (Å²) in [6, 6.07) is 17.3. The first-order chi connectivity index (χ1) is 14.1. The maximum Gasteiger partial charge on any atom is 0.231 e. The van der Waals surface area contributed by atoms with Crippen LogP contribution in [0.4, 0.5) is 0 Å². The number of aliphatic hydroxyl groups is 3. The van der Waals surface area contributed by atoms with Crippen molar-refractivity contribution in [3.8, 4) is 28.4 Å². The summed E-state index contributed by atoms with van der Waals surface area (Å²) in [6.07, 6.45) is -4.90. The number of ether oxygens (including phenoxy) is 4. The van der Waals surface area contributed by atoms with Crippen molar-refractivity contribution in [2.24, 2.45) is 0 Å². The van der Waals surface area contributed by atoms with E-state index >= 15 is 0 Å². The third kappa shape index (κ3) is 3.18. The number of benzene rings is 3. The molecule has 0 aliphatic carbocycles. The van der Waals surface area contributed by atoms with Crippen molar-refractivity contribution in [1.82, 2.24) is 0 Å². The number of rotatable bonds is 3. The topological polar surface area (TPSA) is 97.6 Å². The van der Waals surface area contributed by atoms with E-state index in [1.54, 1.807) is 6.07 Å². The third-order valence-electron chi connectivity index (χ3n) is 5.27. The monoisotopic (exact) mass is 396 g/mol. The van der Waals surface area contributed by atoms with Crippen molar-refractivity contribution in [1.29, 1.82) is 0 Å². The van der Waals surface area contributed by atoms with Crippen LogP contribution < -0.4 is 14.2 Å². The zero-order valence-corrected chi connectivity index (χ0v) is 15.4. The molecule has 0 saturated carbocycles. The van der Waals surface area contributed by atoms with Crippen LogP contribution in [0, 0.1) is 0 Å². The van der Waals surface area contributed by atoms with Crippen molar-refractivity contribution in [2.45, 2.75) is 24.6 Å². The lowest BCUT2D eigenvalue weighted by molar-refractivity contribution is -0.241. The molecule has 1 saturated heterocycles. The van der Waals surface area contributed by atoms with E-state index in [2.05, 4.69) is 0 Å². The van der Waals surface area contributed by atoms with Crippen LogP contribution in [0.15, 0.2) is 54.6 Å². The fourth-order valence-electron chi connectivity index (χ4n) is 3.70. The van der Waals surface area contributed by atoms with E-state index in [0.29, 0.717) is 11.5 Å². The largest absolute Gasteiger partial charge is 0.461 e. The average molecular weight is 396 g/mol. The summed E-state index contributed by atoms with van der Waals surface area (Å²) in [6.45, 7) is 0.104. The van der Waals surface area contributed by atoms with Gasteiger partial charge in [-0.25, -0.2) is 0 Å². The molecule has 3 aromatic rings. The van der Waals surface area contributed by atoms with E-state index in [1.165, 1.54) is 0 Å². The van der Waals surface area contributed by atoms with Gasteiger partial charge in [-0.2, -0.15) is 0 Å². The molecule has 1 fully saturated rings. The quantitative estimate of drug-likeness (QED) is 0.623. The van der Waals surface area contributed by atoms with Gasteiger partial charge in [-0.3, -0.25) is 0 Å². The zero-order valence-electron chi connectivity index (χ0n) is 15.4. The Morgan fingerprint density at radius 2 is 1.62 bits per heavy atom. The van der Waals surface area contributed by atoms with Crippen LogP contribution in [-0.2, 0) is 4.74 Å². The van der Waals surface area contributed by atoms with E-state index in [0.717, 1.165) is 27.6 Å². The Bertz CT molecular complexity index is 1050. The maximum atomic E-state index is 10.2. The van der Waals surface area contributed by atoms with Crippen LogP contribution in [-0.4, -0.2) is 53.3 Å². The summed E-state index contributed by atoms with van der Waals surface area (Å²) in [4.78, 5) is 0. The number of aliphatic hydroxyl groups excluding tert-OH is 3. The minimum atomic E-state index is -1.36. The number of hydrogen-bond donors (Lipinski definition) is 3. The summed E-state index contributed by atoms with van der Waals surface area (Å²) >= 11 is 0. The first-order valence-electron chi connectivity index (χ1n) is 9.36. The molecule has 29 heavy (non-hydrogen) atoms. The van der Waals surface area contributed by atoms with Gasteiger partial charge in [-0.15, -0.1) is 0 Å². The highest BCUT2D eigenvalue weighted by atomic mass is 16.7. The predicted octanol–water partition coefficient (Wildman–Crippen LogP) is 2.05. The molecular weight excluding hydrogens is 376 g/mol. The molecule has 4 atom stereocenters.